The van der Waals surface area contributed by atoms with Crippen LogP contribution >= 0.6 is 22.9 Å². The highest BCUT2D eigenvalue weighted by Crippen LogP contribution is 2.31. The molecule has 3 aromatic heterocycles. The normalized spacial score (nSPS) is 17.7. The van der Waals surface area contributed by atoms with E-state index in [2.05, 4.69) is 20.4 Å². The standard InChI is InChI=1S/C18H18ClN5O4S2/c1-11-21-17(23-28-11)13-7-16(29-10-13)30(26,27)24-6-2-3-12(9-24)18(25)22-15-5-4-14(19)8-20-15/h4-5,7-8,10,12H,2-3,6,9H2,1H3,(H,20,22,25)/t12-/m1/s1. The van der Waals surface area contributed by atoms with Gasteiger partial charge in [-0.05, 0) is 31.0 Å². The summed E-state index contributed by atoms with van der Waals surface area (Å²) in [7, 11) is -3.73. The van der Waals surface area contributed by atoms with Gasteiger partial charge in [-0.2, -0.15) is 9.29 Å². The molecule has 0 aliphatic carbocycles. The fourth-order valence-corrected chi connectivity index (χ4v) is 6.11. The summed E-state index contributed by atoms with van der Waals surface area (Å²) in [5, 5.41) is 8.69. The summed E-state index contributed by atoms with van der Waals surface area (Å²) in [5.41, 5.74) is 0.579. The Balaban J connectivity index is 1.47. The first-order valence-corrected chi connectivity index (χ1v) is 11.8. The predicted molar refractivity (Wildman–Crippen MR) is 112 cm³/mol. The van der Waals surface area contributed by atoms with Crippen molar-refractivity contribution in [3.8, 4) is 11.4 Å². The van der Waals surface area contributed by atoms with Crippen LogP contribution in [0, 0.1) is 12.8 Å². The van der Waals surface area contributed by atoms with E-state index in [0.29, 0.717) is 47.5 Å². The van der Waals surface area contributed by atoms with Gasteiger partial charge in [0.1, 0.15) is 10.0 Å². The topological polar surface area (TPSA) is 118 Å². The molecule has 158 valence electrons. The molecule has 1 aliphatic heterocycles. The first kappa shape index (κ1) is 20.9. The summed E-state index contributed by atoms with van der Waals surface area (Å²) in [6.45, 7) is 2.13. The van der Waals surface area contributed by atoms with E-state index in [1.807, 2.05) is 0 Å². The van der Waals surface area contributed by atoms with Crippen molar-refractivity contribution in [2.75, 3.05) is 18.4 Å². The van der Waals surface area contributed by atoms with Crippen molar-refractivity contribution in [3.05, 3.63) is 40.7 Å². The number of hydrogen-bond acceptors (Lipinski definition) is 8. The van der Waals surface area contributed by atoms with Crippen molar-refractivity contribution in [1.29, 1.82) is 0 Å². The lowest BCUT2D eigenvalue weighted by molar-refractivity contribution is -0.120. The Bertz CT molecular complexity index is 1160. The Hall–Kier alpha value is -2.34. The number of nitrogens with one attached hydrogen (secondary N) is 1. The quantitative estimate of drug-likeness (QED) is 0.612. The van der Waals surface area contributed by atoms with E-state index in [1.54, 1.807) is 24.4 Å². The summed E-state index contributed by atoms with van der Waals surface area (Å²) in [6.07, 6.45) is 2.63. The summed E-state index contributed by atoms with van der Waals surface area (Å²) < 4.78 is 32.7. The number of aromatic nitrogens is 3. The van der Waals surface area contributed by atoms with Gasteiger partial charge in [0.2, 0.25) is 17.6 Å². The minimum Gasteiger partial charge on any atom is -0.339 e. The van der Waals surface area contributed by atoms with E-state index in [1.165, 1.54) is 16.6 Å². The minimum absolute atomic E-state index is 0.107. The maximum atomic E-state index is 13.1. The first-order valence-electron chi connectivity index (χ1n) is 9.15. The molecule has 3 aromatic rings. The monoisotopic (exact) mass is 467 g/mol. The molecule has 0 bridgehead atoms. The van der Waals surface area contributed by atoms with Crippen molar-refractivity contribution < 1.29 is 17.7 Å². The second-order valence-corrected chi connectivity index (χ2v) is 10.4. The van der Waals surface area contributed by atoms with Crippen LogP contribution in [-0.4, -0.2) is 46.8 Å². The lowest BCUT2D eigenvalue weighted by atomic mass is 9.99. The molecule has 1 atom stereocenters. The van der Waals surface area contributed by atoms with Gasteiger partial charge < -0.3 is 9.84 Å². The highest BCUT2D eigenvalue weighted by atomic mass is 35.5. The van der Waals surface area contributed by atoms with Crippen LogP contribution in [0.4, 0.5) is 5.82 Å². The number of nitrogens with zero attached hydrogens (tertiary/aromatic N) is 4. The van der Waals surface area contributed by atoms with Gasteiger partial charge in [0, 0.05) is 37.2 Å². The number of piperidine rings is 1. The molecule has 1 aliphatic rings. The van der Waals surface area contributed by atoms with Crippen LogP contribution in [0.25, 0.3) is 11.4 Å². The molecule has 0 spiro atoms. The molecule has 0 aromatic carbocycles. The molecule has 1 fully saturated rings. The van der Waals surface area contributed by atoms with Gasteiger partial charge >= 0.3 is 0 Å². The van der Waals surface area contributed by atoms with Gasteiger partial charge in [-0.1, -0.05) is 16.8 Å². The Kier molecular flexibility index (Phi) is 5.87. The maximum Gasteiger partial charge on any atom is 0.252 e. The molecule has 0 radical (unpaired) electrons. The number of rotatable bonds is 5. The van der Waals surface area contributed by atoms with Crippen LogP contribution in [-0.2, 0) is 14.8 Å². The molecule has 1 saturated heterocycles. The van der Waals surface area contributed by atoms with Gasteiger partial charge in [0.15, 0.2) is 0 Å². The largest absolute Gasteiger partial charge is 0.339 e. The average molecular weight is 468 g/mol. The van der Waals surface area contributed by atoms with E-state index in [0.717, 1.165) is 11.3 Å². The van der Waals surface area contributed by atoms with Crippen molar-refractivity contribution in [2.45, 2.75) is 24.0 Å². The van der Waals surface area contributed by atoms with Crippen LogP contribution in [0.3, 0.4) is 0 Å². The number of carbonyl (C=O) groups excluding carboxylic acids is 1. The summed E-state index contributed by atoms with van der Waals surface area (Å²) in [5.74, 6) is 0.393. The smallest absolute Gasteiger partial charge is 0.252 e. The third-order valence-corrected chi connectivity index (χ3v) is 8.19. The van der Waals surface area contributed by atoms with Crippen molar-refractivity contribution in [3.63, 3.8) is 0 Å². The Morgan fingerprint density at radius 3 is 2.93 bits per heavy atom. The number of pyridine rings is 1. The molecule has 1 amide bonds. The van der Waals surface area contributed by atoms with E-state index in [4.69, 9.17) is 16.1 Å². The zero-order chi connectivity index (χ0) is 21.3. The number of sulfonamides is 1. The molecule has 4 heterocycles. The van der Waals surface area contributed by atoms with Gasteiger partial charge in [-0.25, -0.2) is 13.4 Å². The number of aryl methyl sites for hydroxylation is 1. The van der Waals surface area contributed by atoms with E-state index >= 15 is 0 Å². The van der Waals surface area contributed by atoms with Gasteiger partial charge in [0.05, 0.1) is 10.9 Å². The van der Waals surface area contributed by atoms with Crippen molar-refractivity contribution in [1.82, 2.24) is 19.4 Å². The van der Waals surface area contributed by atoms with Crippen LogP contribution < -0.4 is 5.32 Å². The summed E-state index contributed by atoms with van der Waals surface area (Å²) >= 11 is 6.90. The molecule has 1 N–H and O–H groups in total. The molecule has 30 heavy (non-hydrogen) atoms. The minimum atomic E-state index is -3.73. The lowest BCUT2D eigenvalue weighted by Gasteiger charge is -2.30. The van der Waals surface area contributed by atoms with E-state index < -0.39 is 15.9 Å². The fourth-order valence-electron chi connectivity index (χ4n) is 3.17. The second-order valence-electron chi connectivity index (χ2n) is 6.84. The molecule has 12 heteroatoms. The summed E-state index contributed by atoms with van der Waals surface area (Å²) in [4.78, 5) is 20.8. The average Bonchev–Trinajstić information content (AvgIpc) is 3.39. The van der Waals surface area contributed by atoms with E-state index in [9.17, 15) is 13.2 Å². The zero-order valence-corrected chi connectivity index (χ0v) is 18.3. The fraction of sp³-hybridized carbons (Fsp3) is 0.333. The SMILES string of the molecule is Cc1nc(-c2csc(S(=O)(=O)N3CCC[C@@H](C(=O)Nc4ccc(Cl)cn4)C3)c2)no1. The lowest BCUT2D eigenvalue weighted by Crippen LogP contribution is -2.43. The Morgan fingerprint density at radius 1 is 1.40 bits per heavy atom. The predicted octanol–water partition coefficient (Wildman–Crippen LogP) is 3.19. The van der Waals surface area contributed by atoms with Gasteiger partial charge in [-0.15, -0.1) is 11.3 Å². The van der Waals surface area contributed by atoms with Crippen molar-refractivity contribution >= 4 is 44.7 Å². The number of anilines is 1. The van der Waals surface area contributed by atoms with Crippen molar-refractivity contribution in [2.24, 2.45) is 5.92 Å². The zero-order valence-electron chi connectivity index (χ0n) is 15.9. The van der Waals surface area contributed by atoms with Crippen LogP contribution in [0.2, 0.25) is 5.02 Å². The number of halogens is 1. The Morgan fingerprint density at radius 2 is 2.23 bits per heavy atom. The highest BCUT2D eigenvalue weighted by molar-refractivity contribution is 7.91. The number of amides is 1. The maximum absolute atomic E-state index is 13.1. The van der Waals surface area contributed by atoms with E-state index in [-0.39, 0.29) is 16.7 Å². The first-order chi connectivity index (χ1) is 14.3. The third kappa shape index (κ3) is 4.38. The second kappa shape index (κ2) is 8.42. The Labute approximate surface area is 182 Å². The number of hydrogen-bond donors (Lipinski definition) is 1. The van der Waals surface area contributed by atoms with Crippen LogP contribution in [0.15, 0.2) is 38.5 Å². The number of thiophene rings is 1. The van der Waals surface area contributed by atoms with Crippen LogP contribution in [0.5, 0.6) is 0 Å². The van der Waals surface area contributed by atoms with Crippen LogP contribution in [0.1, 0.15) is 18.7 Å². The molecular weight excluding hydrogens is 450 g/mol. The molecular formula is C18H18ClN5O4S2. The highest BCUT2D eigenvalue weighted by Gasteiger charge is 2.34. The molecule has 9 nitrogen and oxygen atoms in total. The van der Waals surface area contributed by atoms with Gasteiger partial charge in [0.25, 0.3) is 10.0 Å². The summed E-state index contributed by atoms with van der Waals surface area (Å²) in [6, 6.07) is 4.76. The third-order valence-electron chi connectivity index (χ3n) is 4.69. The molecule has 4 rings (SSSR count). The molecule has 0 saturated carbocycles. The number of carbonyl (C=O) groups is 1. The van der Waals surface area contributed by atoms with Gasteiger partial charge in [-0.3, -0.25) is 4.79 Å². The molecule has 0 unspecified atom stereocenters.